The molecule has 0 atom stereocenters. The number of nitrogens with one attached hydrogen (secondary N) is 2. The van der Waals surface area contributed by atoms with Crippen molar-refractivity contribution in [2.45, 2.75) is 11.4 Å². The van der Waals surface area contributed by atoms with E-state index >= 15 is 0 Å². The van der Waals surface area contributed by atoms with Gasteiger partial charge in [-0.1, -0.05) is 0 Å². The Bertz CT molecular complexity index is 641. The van der Waals surface area contributed by atoms with Crippen LogP contribution in [0.3, 0.4) is 0 Å². The highest BCUT2D eigenvalue weighted by Gasteiger charge is 2.16. The van der Waals surface area contributed by atoms with Crippen LogP contribution in [0.5, 0.6) is 0 Å². The lowest BCUT2D eigenvalue weighted by atomic mass is 10.3. The average Bonchev–Trinajstić information content (AvgIpc) is 2.83. The van der Waals surface area contributed by atoms with Gasteiger partial charge in [0, 0.05) is 11.9 Å². The zero-order valence-corrected chi connectivity index (χ0v) is 9.84. The number of benzene rings is 1. The largest absolute Gasteiger partial charge is 0.347 e. The Morgan fingerprint density at radius 1 is 1.28 bits per heavy atom. The Labute approximate surface area is 102 Å². The quantitative estimate of drug-likeness (QED) is 0.878. The van der Waals surface area contributed by atoms with E-state index < -0.39 is 21.7 Å². The molecule has 0 bridgehead atoms. The van der Waals surface area contributed by atoms with E-state index in [1.807, 2.05) is 0 Å². The summed E-state index contributed by atoms with van der Waals surface area (Å²) >= 11 is 0. The number of nitrogens with zero attached hydrogens (tertiary/aromatic N) is 1. The molecular formula is C10H9F2N3O2S. The van der Waals surface area contributed by atoms with Crippen molar-refractivity contribution in [1.82, 2.24) is 14.7 Å². The highest BCUT2D eigenvalue weighted by Crippen LogP contribution is 2.13. The average molecular weight is 273 g/mol. The lowest BCUT2D eigenvalue weighted by Gasteiger charge is -2.05. The smallest absolute Gasteiger partial charge is 0.241 e. The van der Waals surface area contributed by atoms with Crippen LogP contribution in [0.25, 0.3) is 0 Å². The van der Waals surface area contributed by atoms with Gasteiger partial charge >= 0.3 is 0 Å². The molecule has 0 radical (unpaired) electrons. The topological polar surface area (TPSA) is 74.8 Å². The lowest BCUT2D eigenvalue weighted by molar-refractivity contribution is 0.504. The second-order valence-corrected chi connectivity index (χ2v) is 5.24. The van der Waals surface area contributed by atoms with E-state index in [9.17, 15) is 17.2 Å². The van der Waals surface area contributed by atoms with Gasteiger partial charge in [-0.25, -0.2) is 26.9 Å². The number of aromatic amines is 1. The van der Waals surface area contributed by atoms with Crippen LogP contribution in [-0.4, -0.2) is 18.4 Å². The molecular weight excluding hydrogens is 264 g/mol. The Morgan fingerprint density at radius 2 is 2.06 bits per heavy atom. The van der Waals surface area contributed by atoms with Crippen LogP contribution in [0.2, 0.25) is 0 Å². The fourth-order valence-electron chi connectivity index (χ4n) is 1.28. The van der Waals surface area contributed by atoms with E-state index in [0.29, 0.717) is 11.8 Å². The zero-order valence-electron chi connectivity index (χ0n) is 9.02. The minimum Gasteiger partial charge on any atom is -0.347 e. The second kappa shape index (κ2) is 4.83. The summed E-state index contributed by atoms with van der Waals surface area (Å²) in [5.74, 6) is -2.30. The number of hydrogen-bond donors (Lipinski definition) is 2. The van der Waals surface area contributed by atoms with Gasteiger partial charge in [-0.2, -0.15) is 0 Å². The summed E-state index contributed by atoms with van der Waals surface area (Å²) in [6, 6.07) is 2.39. The third kappa shape index (κ3) is 2.71. The third-order valence-electron chi connectivity index (χ3n) is 2.21. The number of aromatic nitrogens is 2. The van der Waals surface area contributed by atoms with E-state index in [0.717, 1.165) is 12.1 Å². The summed E-state index contributed by atoms with van der Waals surface area (Å²) in [4.78, 5) is 6.10. The van der Waals surface area contributed by atoms with E-state index in [1.54, 1.807) is 0 Å². The molecule has 0 amide bonds. The Balaban J connectivity index is 2.17. The zero-order chi connectivity index (χ0) is 13.2. The second-order valence-electron chi connectivity index (χ2n) is 3.48. The number of hydrogen-bond acceptors (Lipinski definition) is 3. The van der Waals surface area contributed by atoms with Crippen LogP contribution in [-0.2, 0) is 16.6 Å². The monoisotopic (exact) mass is 273 g/mol. The first kappa shape index (κ1) is 12.7. The molecule has 2 aromatic rings. The van der Waals surface area contributed by atoms with Gasteiger partial charge in [0.05, 0.1) is 17.8 Å². The Hall–Kier alpha value is -1.80. The first-order valence-electron chi connectivity index (χ1n) is 4.91. The number of rotatable bonds is 4. The number of imidazole rings is 1. The molecule has 0 aliphatic rings. The first-order chi connectivity index (χ1) is 8.49. The molecule has 96 valence electrons. The number of sulfonamides is 1. The molecule has 0 aliphatic heterocycles. The fraction of sp³-hybridized carbons (Fsp3) is 0.100. The van der Waals surface area contributed by atoms with Crippen molar-refractivity contribution in [3.8, 4) is 0 Å². The summed E-state index contributed by atoms with van der Waals surface area (Å²) in [5.41, 5.74) is 0.557. The molecule has 0 saturated heterocycles. The van der Waals surface area contributed by atoms with Crippen molar-refractivity contribution in [3.63, 3.8) is 0 Å². The van der Waals surface area contributed by atoms with Crippen molar-refractivity contribution in [3.05, 3.63) is 48.1 Å². The highest BCUT2D eigenvalue weighted by molar-refractivity contribution is 7.89. The van der Waals surface area contributed by atoms with Crippen LogP contribution >= 0.6 is 0 Å². The Kier molecular flexibility index (Phi) is 3.39. The first-order valence-corrected chi connectivity index (χ1v) is 6.39. The lowest BCUT2D eigenvalue weighted by Crippen LogP contribution is -2.23. The van der Waals surface area contributed by atoms with Crippen LogP contribution in [0.1, 0.15) is 5.69 Å². The fourth-order valence-corrected chi connectivity index (χ4v) is 2.30. The van der Waals surface area contributed by atoms with E-state index in [-0.39, 0.29) is 11.4 Å². The minimum absolute atomic E-state index is 0.0126. The molecule has 0 aliphatic carbocycles. The predicted molar refractivity (Wildman–Crippen MR) is 59.0 cm³/mol. The molecule has 0 spiro atoms. The summed E-state index contributed by atoms with van der Waals surface area (Å²) < 4.78 is 51.4. The molecule has 0 saturated carbocycles. The standard InChI is InChI=1S/C10H9F2N3O2S/c11-9-2-1-8(3-10(9)12)18(16,17)15-5-7-4-13-6-14-7/h1-4,6,15H,5H2,(H,13,14). The minimum atomic E-state index is -3.88. The molecule has 5 nitrogen and oxygen atoms in total. The van der Waals surface area contributed by atoms with Crippen LogP contribution in [0.4, 0.5) is 8.78 Å². The van der Waals surface area contributed by atoms with E-state index in [2.05, 4.69) is 14.7 Å². The van der Waals surface area contributed by atoms with E-state index in [4.69, 9.17) is 0 Å². The maximum Gasteiger partial charge on any atom is 0.241 e. The van der Waals surface area contributed by atoms with Crippen molar-refractivity contribution in [2.24, 2.45) is 0 Å². The van der Waals surface area contributed by atoms with Crippen LogP contribution in [0.15, 0.2) is 35.6 Å². The molecule has 0 unspecified atom stereocenters. The maximum atomic E-state index is 12.9. The van der Waals surface area contributed by atoms with Crippen LogP contribution in [0, 0.1) is 11.6 Å². The van der Waals surface area contributed by atoms with Gasteiger partial charge in [0.15, 0.2) is 11.6 Å². The van der Waals surface area contributed by atoms with Crippen molar-refractivity contribution in [2.75, 3.05) is 0 Å². The van der Waals surface area contributed by atoms with E-state index in [1.165, 1.54) is 12.5 Å². The van der Waals surface area contributed by atoms with Gasteiger partial charge < -0.3 is 4.98 Å². The van der Waals surface area contributed by atoms with Crippen LogP contribution < -0.4 is 4.72 Å². The summed E-state index contributed by atoms with van der Waals surface area (Å²) in [6.07, 6.45) is 2.86. The van der Waals surface area contributed by atoms with Gasteiger partial charge in [-0.3, -0.25) is 0 Å². The number of halogens is 2. The maximum absolute atomic E-state index is 12.9. The van der Waals surface area contributed by atoms with Gasteiger partial charge in [-0.05, 0) is 18.2 Å². The molecule has 1 aromatic heterocycles. The third-order valence-corrected chi connectivity index (χ3v) is 3.61. The summed E-state index contributed by atoms with van der Waals surface area (Å²) in [5, 5.41) is 0. The van der Waals surface area contributed by atoms with Gasteiger partial charge in [0.1, 0.15) is 0 Å². The predicted octanol–water partition coefficient (Wildman–Crippen LogP) is 1.17. The normalized spacial score (nSPS) is 11.7. The summed E-state index contributed by atoms with van der Waals surface area (Å²) in [7, 11) is -3.88. The molecule has 1 aromatic carbocycles. The molecule has 18 heavy (non-hydrogen) atoms. The molecule has 2 rings (SSSR count). The van der Waals surface area contributed by atoms with Gasteiger partial charge in [0.2, 0.25) is 10.0 Å². The van der Waals surface area contributed by atoms with Crippen molar-refractivity contribution < 1.29 is 17.2 Å². The summed E-state index contributed by atoms with van der Waals surface area (Å²) in [6.45, 7) is -0.0126. The highest BCUT2D eigenvalue weighted by atomic mass is 32.2. The van der Waals surface area contributed by atoms with Crippen molar-refractivity contribution in [1.29, 1.82) is 0 Å². The van der Waals surface area contributed by atoms with Gasteiger partial charge in [0.25, 0.3) is 0 Å². The molecule has 2 N–H and O–H groups in total. The number of H-pyrrole nitrogens is 1. The molecule has 8 heteroatoms. The van der Waals surface area contributed by atoms with Crippen molar-refractivity contribution >= 4 is 10.0 Å². The molecule has 0 fully saturated rings. The molecule has 1 heterocycles. The Morgan fingerprint density at radius 3 is 2.67 bits per heavy atom. The van der Waals surface area contributed by atoms with Gasteiger partial charge in [-0.15, -0.1) is 0 Å². The SMILES string of the molecule is O=S(=O)(NCc1cnc[nH]1)c1ccc(F)c(F)c1.